The van der Waals surface area contributed by atoms with Gasteiger partial charge in [0.05, 0.1) is 5.56 Å². The molecular formula is C14H18F3N. The van der Waals surface area contributed by atoms with Crippen molar-refractivity contribution in [1.29, 1.82) is 0 Å². The van der Waals surface area contributed by atoms with Crippen LogP contribution in [0.4, 0.5) is 13.2 Å². The van der Waals surface area contributed by atoms with Gasteiger partial charge in [-0.3, -0.25) is 0 Å². The summed E-state index contributed by atoms with van der Waals surface area (Å²) in [6, 6.07) is 5.36. The first kappa shape index (κ1) is 13.4. The molecule has 0 spiro atoms. The van der Waals surface area contributed by atoms with Crippen LogP contribution in [0.15, 0.2) is 24.3 Å². The van der Waals surface area contributed by atoms with Crippen molar-refractivity contribution in [3.8, 4) is 0 Å². The Labute approximate surface area is 105 Å². The zero-order valence-electron chi connectivity index (χ0n) is 10.4. The van der Waals surface area contributed by atoms with E-state index >= 15 is 0 Å². The van der Waals surface area contributed by atoms with Crippen LogP contribution in [-0.4, -0.2) is 5.54 Å². The molecule has 1 aliphatic rings. The van der Waals surface area contributed by atoms with E-state index in [0.29, 0.717) is 12.3 Å². The van der Waals surface area contributed by atoms with Crippen molar-refractivity contribution in [3.63, 3.8) is 0 Å². The highest BCUT2D eigenvalue weighted by atomic mass is 19.4. The largest absolute Gasteiger partial charge is 0.416 e. The van der Waals surface area contributed by atoms with Crippen LogP contribution in [0, 0.1) is 5.92 Å². The van der Waals surface area contributed by atoms with Gasteiger partial charge in [-0.05, 0) is 49.3 Å². The topological polar surface area (TPSA) is 26.0 Å². The molecule has 2 unspecified atom stereocenters. The normalized spacial score (nSPS) is 28.6. The van der Waals surface area contributed by atoms with Crippen LogP contribution < -0.4 is 5.73 Å². The molecule has 0 heterocycles. The van der Waals surface area contributed by atoms with Crippen LogP contribution in [0.5, 0.6) is 0 Å². The molecule has 0 saturated heterocycles. The minimum Gasteiger partial charge on any atom is -0.325 e. The van der Waals surface area contributed by atoms with Crippen LogP contribution in [-0.2, 0) is 12.6 Å². The number of hydrogen-bond acceptors (Lipinski definition) is 1. The number of hydrogen-bond donors (Lipinski definition) is 1. The predicted octanol–water partition coefficient (Wildman–Crippen LogP) is 3.77. The molecule has 0 amide bonds. The lowest BCUT2D eigenvalue weighted by Crippen LogP contribution is -2.39. The Morgan fingerprint density at radius 3 is 2.33 bits per heavy atom. The fraction of sp³-hybridized carbons (Fsp3) is 0.571. The summed E-state index contributed by atoms with van der Waals surface area (Å²) in [4.78, 5) is 0. The van der Waals surface area contributed by atoms with Crippen molar-refractivity contribution in [3.05, 3.63) is 35.4 Å². The monoisotopic (exact) mass is 257 g/mol. The van der Waals surface area contributed by atoms with Gasteiger partial charge >= 0.3 is 6.18 Å². The van der Waals surface area contributed by atoms with Gasteiger partial charge in [-0.1, -0.05) is 19.1 Å². The third-order valence-corrected chi connectivity index (χ3v) is 3.73. The molecule has 100 valence electrons. The third-order valence-electron chi connectivity index (χ3n) is 3.73. The van der Waals surface area contributed by atoms with Crippen molar-refractivity contribution in [2.75, 3.05) is 0 Å². The van der Waals surface area contributed by atoms with E-state index in [9.17, 15) is 13.2 Å². The summed E-state index contributed by atoms with van der Waals surface area (Å²) >= 11 is 0. The SMILES string of the molecule is CC1CCC(N)(Cc2ccc(C(F)(F)F)cc2)C1. The van der Waals surface area contributed by atoms with Gasteiger partial charge in [0.1, 0.15) is 0 Å². The van der Waals surface area contributed by atoms with Crippen molar-refractivity contribution in [2.24, 2.45) is 11.7 Å². The average molecular weight is 257 g/mol. The Hall–Kier alpha value is -1.03. The highest BCUT2D eigenvalue weighted by Crippen LogP contribution is 2.35. The Balaban J connectivity index is 2.07. The first-order chi connectivity index (χ1) is 8.28. The molecule has 1 aromatic carbocycles. The molecule has 2 N–H and O–H groups in total. The quantitative estimate of drug-likeness (QED) is 0.857. The second-order valence-corrected chi connectivity index (χ2v) is 5.58. The van der Waals surface area contributed by atoms with Crippen LogP contribution in [0.2, 0.25) is 0 Å². The van der Waals surface area contributed by atoms with Crippen molar-refractivity contribution in [1.82, 2.24) is 0 Å². The zero-order chi connectivity index (χ0) is 13.4. The maximum Gasteiger partial charge on any atom is 0.416 e. The molecule has 1 aromatic rings. The van der Waals surface area contributed by atoms with E-state index in [0.717, 1.165) is 37.0 Å². The number of halogens is 3. The minimum atomic E-state index is -4.26. The summed E-state index contributed by atoms with van der Waals surface area (Å²) in [5.41, 5.74) is 6.33. The Morgan fingerprint density at radius 2 is 1.89 bits per heavy atom. The Bertz CT molecular complexity index is 410. The summed E-state index contributed by atoms with van der Waals surface area (Å²) in [7, 11) is 0. The van der Waals surface area contributed by atoms with Gasteiger partial charge in [-0.15, -0.1) is 0 Å². The Morgan fingerprint density at radius 1 is 1.28 bits per heavy atom. The lowest BCUT2D eigenvalue weighted by molar-refractivity contribution is -0.137. The summed E-state index contributed by atoms with van der Waals surface area (Å²) in [6.45, 7) is 2.17. The van der Waals surface area contributed by atoms with Gasteiger partial charge in [0.2, 0.25) is 0 Å². The van der Waals surface area contributed by atoms with Gasteiger partial charge in [0, 0.05) is 5.54 Å². The van der Waals surface area contributed by atoms with Crippen LogP contribution in [0.25, 0.3) is 0 Å². The number of rotatable bonds is 2. The molecule has 0 aromatic heterocycles. The summed E-state index contributed by atoms with van der Waals surface area (Å²) in [5.74, 6) is 0.615. The molecule has 1 nitrogen and oxygen atoms in total. The van der Waals surface area contributed by atoms with E-state index in [-0.39, 0.29) is 5.54 Å². The number of alkyl halides is 3. The maximum absolute atomic E-state index is 12.4. The molecule has 2 atom stereocenters. The predicted molar refractivity (Wildman–Crippen MR) is 65.1 cm³/mol. The van der Waals surface area contributed by atoms with Gasteiger partial charge in [0.25, 0.3) is 0 Å². The molecule has 1 aliphatic carbocycles. The summed E-state index contributed by atoms with van der Waals surface area (Å²) in [5, 5.41) is 0. The Kier molecular flexibility index (Phi) is 3.41. The summed E-state index contributed by atoms with van der Waals surface area (Å²) in [6.07, 6.45) is -0.587. The van der Waals surface area contributed by atoms with Crippen LogP contribution in [0.1, 0.15) is 37.3 Å². The lowest BCUT2D eigenvalue weighted by atomic mass is 9.89. The molecule has 2 rings (SSSR count). The maximum atomic E-state index is 12.4. The molecule has 0 bridgehead atoms. The number of benzene rings is 1. The van der Waals surface area contributed by atoms with Crippen molar-refractivity contribution in [2.45, 2.75) is 44.3 Å². The third kappa shape index (κ3) is 3.05. The highest BCUT2D eigenvalue weighted by Gasteiger charge is 2.34. The average Bonchev–Trinajstić information content (AvgIpc) is 2.58. The molecule has 1 fully saturated rings. The minimum absolute atomic E-state index is 0.237. The first-order valence-electron chi connectivity index (χ1n) is 6.24. The highest BCUT2D eigenvalue weighted by molar-refractivity contribution is 5.26. The van der Waals surface area contributed by atoms with Gasteiger partial charge in [-0.2, -0.15) is 13.2 Å². The summed E-state index contributed by atoms with van der Waals surface area (Å²) < 4.78 is 37.3. The fourth-order valence-corrected chi connectivity index (χ4v) is 2.81. The van der Waals surface area contributed by atoms with Crippen molar-refractivity contribution < 1.29 is 13.2 Å². The van der Waals surface area contributed by atoms with Crippen LogP contribution in [0.3, 0.4) is 0 Å². The van der Waals surface area contributed by atoms with Gasteiger partial charge in [-0.25, -0.2) is 0 Å². The van der Waals surface area contributed by atoms with E-state index in [1.165, 1.54) is 0 Å². The number of nitrogens with two attached hydrogens (primary N) is 1. The molecule has 0 radical (unpaired) electrons. The van der Waals surface area contributed by atoms with E-state index in [4.69, 9.17) is 5.73 Å². The van der Waals surface area contributed by atoms with E-state index in [1.807, 2.05) is 0 Å². The van der Waals surface area contributed by atoms with Crippen molar-refractivity contribution >= 4 is 0 Å². The smallest absolute Gasteiger partial charge is 0.325 e. The molecular weight excluding hydrogens is 239 g/mol. The van der Waals surface area contributed by atoms with Gasteiger partial charge in [0.15, 0.2) is 0 Å². The first-order valence-corrected chi connectivity index (χ1v) is 6.24. The van der Waals surface area contributed by atoms with Crippen LogP contribution >= 0.6 is 0 Å². The van der Waals surface area contributed by atoms with E-state index in [1.54, 1.807) is 12.1 Å². The van der Waals surface area contributed by atoms with E-state index < -0.39 is 11.7 Å². The van der Waals surface area contributed by atoms with Gasteiger partial charge < -0.3 is 5.73 Å². The lowest BCUT2D eigenvalue weighted by Gasteiger charge is -2.24. The fourth-order valence-electron chi connectivity index (χ4n) is 2.81. The molecule has 0 aliphatic heterocycles. The molecule has 1 saturated carbocycles. The molecule has 18 heavy (non-hydrogen) atoms. The second-order valence-electron chi connectivity index (χ2n) is 5.58. The second kappa shape index (κ2) is 4.57. The molecule has 4 heteroatoms. The standard InChI is InChI=1S/C14H18F3N/c1-10-6-7-13(18,8-10)9-11-2-4-12(5-3-11)14(15,16)17/h2-5,10H,6-9,18H2,1H3. The van der Waals surface area contributed by atoms with E-state index in [2.05, 4.69) is 6.92 Å². The zero-order valence-corrected chi connectivity index (χ0v) is 10.4.